The highest BCUT2D eigenvalue weighted by Crippen LogP contribution is 2.40. The number of aromatic nitrogens is 3. The molecular formula is C50H56FN7O4. The van der Waals surface area contributed by atoms with Crippen molar-refractivity contribution in [2.75, 3.05) is 38.7 Å². The molecular weight excluding hydrogens is 782 g/mol. The Morgan fingerprint density at radius 3 is 2.34 bits per heavy atom. The number of hydrogen-bond acceptors (Lipinski definition) is 6. The first kappa shape index (κ1) is 43.6. The van der Waals surface area contributed by atoms with E-state index in [0.717, 1.165) is 62.7 Å². The second-order valence-corrected chi connectivity index (χ2v) is 16.6. The molecule has 8 rings (SSSR count). The Morgan fingerprint density at radius 1 is 0.887 bits per heavy atom. The number of carbonyl (C=O) groups excluding carboxylic acids is 2. The fourth-order valence-corrected chi connectivity index (χ4v) is 8.63. The van der Waals surface area contributed by atoms with E-state index in [9.17, 15) is 4.79 Å². The standard InChI is InChI=1S/C50H54FN7O3.H2O/c1-33-23-36-13-11-12-14-39(36)31-57(33)50(60)46-25-40-30-56(49(59)26-38-17-18-43(27-47(38)51)61-22-21-53(4)5)20-19-37(40)24-45(46)48-28-44(34(2)55(48)7)35(3)58(41-15-9-8-10-16-41)42-29-52-54(6)32-42;/h8-18,24-25,27-29,32-33H,3,19-23,26,30-31H2,1-2,4-7H3;1H2/t33-;/m1./s1. The van der Waals surface area contributed by atoms with Crippen molar-refractivity contribution < 1.29 is 24.2 Å². The molecule has 4 heterocycles. The molecule has 2 aromatic heterocycles. The highest BCUT2D eigenvalue weighted by atomic mass is 19.1. The van der Waals surface area contributed by atoms with Gasteiger partial charge in [0.25, 0.3) is 5.91 Å². The molecule has 4 aromatic carbocycles. The highest BCUT2D eigenvalue weighted by molar-refractivity contribution is 6.02. The number of aryl methyl sites for hydroxylation is 1. The van der Waals surface area contributed by atoms with Gasteiger partial charge in [-0.1, -0.05) is 55.1 Å². The Morgan fingerprint density at radius 2 is 1.63 bits per heavy atom. The van der Waals surface area contributed by atoms with Gasteiger partial charge in [-0.05, 0) is 105 Å². The number of hydrogen-bond donors (Lipinski definition) is 0. The lowest BCUT2D eigenvalue weighted by Gasteiger charge is -2.36. The zero-order valence-electron chi connectivity index (χ0n) is 36.5. The van der Waals surface area contributed by atoms with E-state index < -0.39 is 5.82 Å². The first-order valence-electron chi connectivity index (χ1n) is 20.9. The molecule has 0 spiro atoms. The van der Waals surface area contributed by atoms with E-state index in [-0.39, 0.29) is 29.8 Å². The van der Waals surface area contributed by atoms with Crippen LogP contribution >= 0.6 is 0 Å². The second-order valence-electron chi connectivity index (χ2n) is 16.6. The van der Waals surface area contributed by atoms with Crippen LogP contribution < -0.4 is 9.64 Å². The van der Waals surface area contributed by atoms with E-state index >= 15 is 9.18 Å². The van der Waals surface area contributed by atoms with Crippen molar-refractivity contribution in [2.24, 2.45) is 14.1 Å². The minimum Gasteiger partial charge on any atom is -0.492 e. The third-order valence-electron chi connectivity index (χ3n) is 12.2. The topological polar surface area (TPSA) is 111 Å². The van der Waals surface area contributed by atoms with Gasteiger partial charge < -0.3 is 34.4 Å². The van der Waals surface area contributed by atoms with Crippen LogP contribution in [-0.2, 0) is 51.2 Å². The van der Waals surface area contributed by atoms with Crippen LogP contribution in [0, 0.1) is 12.7 Å². The summed E-state index contributed by atoms with van der Waals surface area (Å²) in [5, 5.41) is 4.47. The molecule has 1 atom stereocenters. The van der Waals surface area contributed by atoms with Gasteiger partial charge in [-0.3, -0.25) is 14.3 Å². The zero-order chi connectivity index (χ0) is 42.9. The maximum absolute atomic E-state index is 15.3. The molecule has 2 aliphatic heterocycles. The molecule has 2 N–H and O–H groups in total. The zero-order valence-corrected chi connectivity index (χ0v) is 36.5. The molecule has 0 bridgehead atoms. The van der Waals surface area contributed by atoms with Gasteiger partial charge in [0.2, 0.25) is 5.91 Å². The van der Waals surface area contributed by atoms with Crippen LogP contribution in [0.4, 0.5) is 15.8 Å². The Kier molecular flexibility index (Phi) is 12.8. The SMILES string of the molecule is C=C(c1cc(-c2cc3c(cc2C(=O)N2Cc4ccccc4C[C@H]2C)CN(C(=O)Cc2ccc(OCCN(C)C)cc2F)CC3)n(C)c1C)N(c1ccccc1)c1cnn(C)c1.O. The van der Waals surface area contributed by atoms with Gasteiger partial charge in [0, 0.05) is 98.0 Å². The number of anilines is 2. The van der Waals surface area contributed by atoms with Crippen molar-refractivity contribution in [3.63, 3.8) is 0 Å². The maximum Gasteiger partial charge on any atom is 0.255 e. The Hall–Kier alpha value is -6.50. The Bertz CT molecular complexity index is 2620. The molecule has 6 aromatic rings. The number of amides is 2. The number of rotatable bonds is 12. The third-order valence-corrected chi connectivity index (χ3v) is 12.2. The van der Waals surface area contributed by atoms with Crippen LogP contribution in [0.2, 0.25) is 0 Å². The monoisotopic (exact) mass is 837 g/mol. The van der Waals surface area contributed by atoms with Gasteiger partial charge in [0.1, 0.15) is 18.2 Å². The minimum absolute atomic E-state index is 0. The summed E-state index contributed by atoms with van der Waals surface area (Å²) in [4.78, 5) is 36.8. The van der Waals surface area contributed by atoms with Gasteiger partial charge in [0.15, 0.2) is 0 Å². The molecule has 12 heteroatoms. The van der Waals surface area contributed by atoms with Crippen LogP contribution in [0.1, 0.15) is 56.4 Å². The first-order valence-corrected chi connectivity index (χ1v) is 20.9. The van der Waals surface area contributed by atoms with Gasteiger partial charge in [-0.2, -0.15) is 5.10 Å². The van der Waals surface area contributed by atoms with Crippen LogP contribution in [0.15, 0.2) is 110 Å². The van der Waals surface area contributed by atoms with Crippen molar-refractivity contribution in [1.82, 2.24) is 29.0 Å². The van der Waals surface area contributed by atoms with Gasteiger partial charge in [-0.25, -0.2) is 4.39 Å². The van der Waals surface area contributed by atoms with Gasteiger partial charge in [-0.15, -0.1) is 0 Å². The second kappa shape index (κ2) is 18.2. The largest absolute Gasteiger partial charge is 0.492 e. The average molecular weight is 838 g/mol. The van der Waals surface area contributed by atoms with Crippen molar-refractivity contribution in [1.29, 1.82) is 0 Å². The van der Waals surface area contributed by atoms with E-state index in [0.29, 0.717) is 56.1 Å². The summed E-state index contributed by atoms with van der Waals surface area (Å²) in [5.41, 5.74) is 11.6. The van der Waals surface area contributed by atoms with Crippen LogP contribution in [0.3, 0.4) is 0 Å². The number of benzene rings is 4. The number of ether oxygens (including phenoxy) is 1. The number of para-hydroxylation sites is 1. The smallest absolute Gasteiger partial charge is 0.255 e. The van der Waals surface area contributed by atoms with Gasteiger partial charge >= 0.3 is 0 Å². The van der Waals surface area contributed by atoms with E-state index in [1.165, 1.54) is 11.6 Å². The van der Waals surface area contributed by atoms with E-state index in [4.69, 9.17) is 4.74 Å². The molecule has 11 nitrogen and oxygen atoms in total. The van der Waals surface area contributed by atoms with Crippen LogP contribution in [0.25, 0.3) is 17.0 Å². The van der Waals surface area contributed by atoms with E-state index in [1.807, 2.05) is 80.7 Å². The quantitative estimate of drug-likeness (QED) is 0.126. The van der Waals surface area contributed by atoms with Crippen molar-refractivity contribution in [3.05, 3.63) is 160 Å². The molecule has 62 heavy (non-hydrogen) atoms. The van der Waals surface area contributed by atoms with E-state index in [2.05, 4.69) is 77.5 Å². The highest BCUT2D eigenvalue weighted by Gasteiger charge is 2.32. The summed E-state index contributed by atoms with van der Waals surface area (Å²) in [5.74, 6) is -0.246. The number of fused-ring (bicyclic) bond motifs is 2. The molecule has 0 saturated carbocycles. The summed E-state index contributed by atoms with van der Waals surface area (Å²) < 4.78 is 24.9. The lowest BCUT2D eigenvalue weighted by atomic mass is 9.89. The predicted octanol–water partition coefficient (Wildman–Crippen LogP) is 7.51. The lowest BCUT2D eigenvalue weighted by molar-refractivity contribution is -0.131. The summed E-state index contributed by atoms with van der Waals surface area (Å²) in [6.07, 6.45) is 5.10. The first-order chi connectivity index (χ1) is 29.4. The number of carbonyl (C=O) groups is 2. The van der Waals surface area contributed by atoms with E-state index in [1.54, 1.807) is 21.7 Å². The predicted molar refractivity (Wildman–Crippen MR) is 243 cm³/mol. The summed E-state index contributed by atoms with van der Waals surface area (Å²) in [6, 6.07) is 29.4. The fourth-order valence-electron chi connectivity index (χ4n) is 8.63. The van der Waals surface area contributed by atoms with Crippen molar-refractivity contribution in [3.8, 4) is 17.0 Å². The Balaban J connectivity index is 0.00000578. The maximum atomic E-state index is 15.3. The summed E-state index contributed by atoms with van der Waals surface area (Å²) >= 11 is 0. The number of halogens is 1. The molecule has 0 aliphatic carbocycles. The minimum atomic E-state index is -0.463. The fraction of sp³-hybridized carbons (Fsp3) is 0.300. The number of likely N-dealkylation sites (N-methyl/N-ethyl adjacent to an activating group) is 1. The normalized spacial score (nSPS) is 14.5. The summed E-state index contributed by atoms with van der Waals surface area (Å²) in [7, 11) is 7.84. The molecule has 2 aliphatic rings. The van der Waals surface area contributed by atoms with Crippen molar-refractivity contribution in [2.45, 2.75) is 52.2 Å². The van der Waals surface area contributed by atoms with Crippen molar-refractivity contribution >= 4 is 28.9 Å². The average Bonchev–Trinajstić information content (AvgIpc) is 3.81. The van der Waals surface area contributed by atoms with Crippen LogP contribution in [-0.4, -0.2) is 86.2 Å². The molecule has 2 amide bonds. The van der Waals surface area contributed by atoms with Crippen LogP contribution in [0.5, 0.6) is 5.75 Å². The molecule has 0 saturated heterocycles. The number of nitrogens with zero attached hydrogens (tertiary/aromatic N) is 7. The molecule has 0 fully saturated rings. The molecule has 0 unspecified atom stereocenters. The third kappa shape index (κ3) is 8.79. The lowest BCUT2D eigenvalue weighted by Crippen LogP contribution is -2.43. The molecule has 322 valence electrons. The Labute approximate surface area is 363 Å². The van der Waals surface area contributed by atoms with Gasteiger partial charge in [0.05, 0.1) is 18.3 Å². The summed E-state index contributed by atoms with van der Waals surface area (Å²) in [6.45, 7) is 11.3. The molecule has 0 radical (unpaired) electrons.